The van der Waals surface area contributed by atoms with Crippen LogP contribution in [0.3, 0.4) is 0 Å². The number of rotatable bonds is 5. The van der Waals surface area contributed by atoms with Gasteiger partial charge in [0.15, 0.2) is 5.58 Å². The second kappa shape index (κ2) is 12.8. The van der Waals surface area contributed by atoms with Crippen molar-refractivity contribution in [1.29, 1.82) is 0 Å². The molecule has 11 aromatic rings. The molecule has 0 amide bonds. The number of hydrogen-bond acceptors (Lipinski definition) is 2. The number of anilines is 3. The van der Waals surface area contributed by atoms with Gasteiger partial charge in [-0.3, -0.25) is 0 Å². The van der Waals surface area contributed by atoms with E-state index in [1.165, 1.54) is 60.3 Å². The molecule has 0 atom stereocenters. The van der Waals surface area contributed by atoms with Crippen LogP contribution >= 0.6 is 0 Å². The molecule has 1 aliphatic rings. The summed E-state index contributed by atoms with van der Waals surface area (Å²) in [4.78, 5) is 2.38. The highest BCUT2D eigenvalue weighted by Crippen LogP contribution is 2.50. The van der Waals surface area contributed by atoms with Gasteiger partial charge in [-0.05, 0) is 120 Å². The summed E-state index contributed by atoms with van der Waals surface area (Å²) < 4.78 is 7.02. The summed E-state index contributed by atoms with van der Waals surface area (Å²) in [6.45, 7) is 4.68. The fourth-order valence-corrected chi connectivity index (χ4v) is 9.94. The van der Waals surface area contributed by atoms with Crippen LogP contribution in [-0.4, -0.2) is 0 Å². The summed E-state index contributed by atoms with van der Waals surface area (Å²) in [5.74, 6) is 0. The Morgan fingerprint density at radius 3 is 1.81 bits per heavy atom. The Hall–Kier alpha value is -7.42. The van der Waals surface area contributed by atoms with Crippen LogP contribution in [0.2, 0.25) is 0 Å². The van der Waals surface area contributed by atoms with Crippen molar-refractivity contribution in [3.63, 3.8) is 0 Å². The van der Waals surface area contributed by atoms with Crippen LogP contribution in [0.15, 0.2) is 205 Å². The predicted molar refractivity (Wildman–Crippen MR) is 249 cm³/mol. The Morgan fingerprint density at radius 2 is 0.966 bits per heavy atom. The van der Waals surface area contributed by atoms with Gasteiger partial charge in [0, 0.05) is 32.9 Å². The van der Waals surface area contributed by atoms with E-state index in [1.807, 2.05) is 0 Å². The van der Waals surface area contributed by atoms with Crippen LogP contribution in [0, 0.1) is 0 Å². The zero-order valence-corrected chi connectivity index (χ0v) is 32.9. The maximum atomic E-state index is 7.02. The highest BCUT2D eigenvalue weighted by molar-refractivity contribution is 6.18. The highest BCUT2D eigenvalue weighted by Gasteiger charge is 2.35. The van der Waals surface area contributed by atoms with Crippen LogP contribution < -0.4 is 4.90 Å². The molecular formula is C57H39NO. The van der Waals surface area contributed by atoms with Gasteiger partial charge in [0.05, 0.1) is 5.69 Å². The molecule has 0 spiro atoms. The first-order chi connectivity index (χ1) is 29.0. The molecule has 1 heterocycles. The lowest BCUT2D eigenvalue weighted by Crippen LogP contribution is -2.14. The van der Waals surface area contributed by atoms with E-state index in [-0.39, 0.29) is 5.41 Å². The molecular weight excluding hydrogens is 715 g/mol. The van der Waals surface area contributed by atoms with E-state index in [0.29, 0.717) is 0 Å². The first kappa shape index (κ1) is 33.7. The van der Waals surface area contributed by atoms with E-state index in [2.05, 4.69) is 219 Å². The molecule has 0 saturated heterocycles. The third-order valence-electron chi connectivity index (χ3n) is 12.8. The molecule has 0 saturated carbocycles. The maximum absolute atomic E-state index is 7.02. The molecule has 0 radical (unpaired) electrons. The van der Waals surface area contributed by atoms with Gasteiger partial charge in [-0.1, -0.05) is 166 Å². The fourth-order valence-electron chi connectivity index (χ4n) is 9.94. The molecule has 0 aliphatic heterocycles. The van der Waals surface area contributed by atoms with Crippen LogP contribution in [0.25, 0.3) is 87.6 Å². The summed E-state index contributed by atoms with van der Waals surface area (Å²) in [6.07, 6.45) is 0. The lowest BCUT2D eigenvalue weighted by molar-refractivity contribution is 0.660. The van der Waals surface area contributed by atoms with Gasteiger partial charge >= 0.3 is 0 Å². The second-order valence-electron chi connectivity index (χ2n) is 16.5. The Bertz CT molecular complexity index is 3500. The number of benzene rings is 10. The van der Waals surface area contributed by atoms with Gasteiger partial charge in [-0.2, -0.15) is 0 Å². The predicted octanol–water partition coefficient (Wildman–Crippen LogP) is 16.2. The number of nitrogens with zero attached hydrogens (tertiary/aromatic N) is 1. The lowest BCUT2D eigenvalue weighted by Gasteiger charge is -2.27. The zero-order valence-electron chi connectivity index (χ0n) is 32.9. The van der Waals surface area contributed by atoms with E-state index in [0.717, 1.165) is 55.5 Å². The standard InChI is InChI=1S/C57H39NO/c1-57(2)52-26-10-9-24-47(52)51-34-38(29-31-53(51)57)37-16-11-18-41(32-37)58(54-27-13-25-48-49-30-28-36-14-3-6-21-44(36)55(49)59-56(48)54)42-19-12-17-39(33-42)50-35-40-15-4-5-20-43(40)45-22-7-8-23-46(45)50/h3-35H,1-2H3. The van der Waals surface area contributed by atoms with Crippen molar-refractivity contribution in [1.82, 2.24) is 0 Å². The van der Waals surface area contributed by atoms with Gasteiger partial charge in [0.2, 0.25) is 0 Å². The minimum atomic E-state index is -0.0406. The van der Waals surface area contributed by atoms with E-state index < -0.39 is 0 Å². The lowest BCUT2D eigenvalue weighted by atomic mass is 9.82. The van der Waals surface area contributed by atoms with Crippen molar-refractivity contribution >= 4 is 71.3 Å². The Balaban J connectivity index is 1.08. The van der Waals surface area contributed by atoms with Crippen molar-refractivity contribution in [3.8, 4) is 33.4 Å². The molecule has 12 rings (SSSR count). The molecule has 1 aromatic heterocycles. The second-order valence-corrected chi connectivity index (χ2v) is 16.5. The summed E-state index contributed by atoms with van der Waals surface area (Å²) in [5.41, 5.74) is 15.0. The first-order valence-corrected chi connectivity index (χ1v) is 20.5. The molecule has 59 heavy (non-hydrogen) atoms. The monoisotopic (exact) mass is 753 g/mol. The smallest absolute Gasteiger partial charge is 0.159 e. The molecule has 2 heteroatoms. The normalized spacial score (nSPS) is 13.1. The third-order valence-corrected chi connectivity index (χ3v) is 12.8. The van der Waals surface area contributed by atoms with Gasteiger partial charge in [-0.25, -0.2) is 0 Å². The Kier molecular flexibility index (Phi) is 7.31. The van der Waals surface area contributed by atoms with Crippen LogP contribution in [-0.2, 0) is 5.41 Å². The van der Waals surface area contributed by atoms with E-state index in [4.69, 9.17) is 4.42 Å². The number of fused-ring (bicyclic) bond motifs is 11. The molecule has 0 N–H and O–H groups in total. The molecule has 0 bridgehead atoms. The van der Waals surface area contributed by atoms with Gasteiger partial charge in [-0.15, -0.1) is 0 Å². The summed E-state index contributed by atoms with van der Waals surface area (Å²) in [7, 11) is 0. The van der Waals surface area contributed by atoms with Gasteiger partial charge in [0.1, 0.15) is 5.58 Å². The van der Waals surface area contributed by atoms with Gasteiger partial charge in [0.25, 0.3) is 0 Å². The molecule has 0 fully saturated rings. The zero-order chi connectivity index (χ0) is 39.2. The average Bonchev–Trinajstić information content (AvgIpc) is 3.79. The van der Waals surface area contributed by atoms with Crippen molar-refractivity contribution in [2.45, 2.75) is 19.3 Å². The molecule has 1 aliphatic carbocycles. The molecule has 278 valence electrons. The fraction of sp³-hybridized carbons (Fsp3) is 0.0526. The Labute approximate surface area is 343 Å². The minimum Gasteiger partial charge on any atom is -0.453 e. The van der Waals surface area contributed by atoms with Crippen molar-refractivity contribution in [3.05, 3.63) is 211 Å². The molecule has 0 unspecified atom stereocenters. The number of hydrogen-bond donors (Lipinski definition) is 0. The topological polar surface area (TPSA) is 16.4 Å². The maximum Gasteiger partial charge on any atom is 0.159 e. The SMILES string of the molecule is CC1(C)c2ccccc2-c2cc(-c3cccc(N(c4cccc(-c5cc6ccccc6c6ccccc56)c4)c4cccc5c4oc4c6ccccc6ccc54)c3)ccc21. The molecule has 10 aromatic carbocycles. The molecule has 2 nitrogen and oxygen atoms in total. The van der Waals surface area contributed by atoms with Crippen LogP contribution in [0.4, 0.5) is 17.1 Å². The van der Waals surface area contributed by atoms with Crippen LogP contribution in [0.1, 0.15) is 25.0 Å². The number of furan rings is 1. The van der Waals surface area contributed by atoms with E-state index >= 15 is 0 Å². The Morgan fingerprint density at radius 1 is 0.356 bits per heavy atom. The third kappa shape index (κ3) is 5.13. The van der Waals surface area contributed by atoms with E-state index in [1.54, 1.807) is 0 Å². The van der Waals surface area contributed by atoms with Crippen molar-refractivity contribution in [2.75, 3.05) is 4.90 Å². The summed E-state index contributed by atoms with van der Waals surface area (Å²) in [5, 5.41) is 9.50. The van der Waals surface area contributed by atoms with Crippen LogP contribution in [0.5, 0.6) is 0 Å². The average molecular weight is 754 g/mol. The van der Waals surface area contributed by atoms with Crippen molar-refractivity contribution < 1.29 is 4.42 Å². The summed E-state index contributed by atoms with van der Waals surface area (Å²) >= 11 is 0. The quantitative estimate of drug-likeness (QED) is 0.163. The highest BCUT2D eigenvalue weighted by atomic mass is 16.3. The minimum absolute atomic E-state index is 0.0406. The first-order valence-electron chi connectivity index (χ1n) is 20.5. The van der Waals surface area contributed by atoms with E-state index in [9.17, 15) is 0 Å². The van der Waals surface area contributed by atoms with Crippen molar-refractivity contribution in [2.24, 2.45) is 0 Å². The number of para-hydroxylation sites is 1. The summed E-state index contributed by atoms with van der Waals surface area (Å²) in [6, 6.07) is 73.2. The van der Waals surface area contributed by atoms with Gasteiger partial charge < -0.3 is 9.32 Å². The largest absolute Gasteiger partial charge is 0.453 e.